The quantitative estimate of drug-likeness (QED) is 0.792. The number of benzene rings is 1. The maximum absolute atomic E-state index is 12.0. The Hall–Kier alpha value is -1.70. The summed E-state index contributed by atoms with van der Waals surface area (Å²) in [6.07, 6.45) is 0. The van der Waals surface area contributed by atoms with Gasteiger partial charge in [0.05, 0.1) is 9.77 Å². The minimum atomic E-state index is -3.54. The van der Waals surface area contributed by atoms with Gasteiger partial charge in [0.25, 0.3) is 5.91 Å². The Bertz CT molecular complexity index is 749. The second-order valence-electron chi connectivity index (χ2n) is 4.90. The van der Waals surface area contributed by atoms with Crippen molar-refractivity contribution in [1.82, 2.24) is 10.0 Å². The summed E-state index contributed by atoms with van der Waals surface area (Å²) in [5, 5.41) is 4.56. The van der Waals surface area contributed by atoms with E-state index in [-0.39, 0.29) is 23.9 Å². The highest BCUT2D eigenvalue weighted by molar-refractivity contribution is 7.89. The van der Waals surface area contributed by atoms with Crippen molar-refractivity contribution < 1.29 is 13.2 Å². The average Bonchev–Trinajstić information content (AvgIpc) is 2.90. The van der Waals surface area contributed by atoms with Gasteiger partial charge < -0.3 is 5.32 Å². The van der Waals surface area contributed by atoms with Crippen molar-refractivity contribution >= 4 is 27.3 Å². The molecule has 0 spiro atoms. The Kier molecular flexibility index (Phi) is 5.33. The Morgan fingerprint density at radius 3 is 2.36 bits per heavy atom. The number of sulfonamides is 1. The van der Waals surface area contributed by atoms with Gasteiger partial charge in [-0.15, -0.1) is 11.3 Å². The van der Waals surface area contributed by atoms with Crippen LogP contribution in [0.15, 0.2) is 40.6 Å². The van der Waals surface area contributed by atoms with Crippen LogP contribution in [0.3, 0.4) is 0 Å². The molecule has 0 aliphatic heterocycles. The third-order valence-corrected chi connectivity index (χ3v) is 5.59. The molecule has 0 saturated heterocycles. The molecule has 2 N–H and O–H groups in total. The minimum absolute atomic E-state index is 0.145. The van der Waals surface area contributed by atoms with Crippen LogP contribution in [0.25, 0.3) is 0 Å². The molecule has 0 saturated carbocycles. The van der Waals surface area contributed by atoms with E-state index in [9.17, 15) is 13.2 Å². The number of hydrogen-bond donors (Lipinski definition) is 2. The molecule has 0 aliphatic carbocycles. The maximum Gasteiger partial charge on any atom is 0.261 e. The van der Waals surface area contributed by atoms with Crippen LogP contribution in [0.2, 0.25) is 0 Å². The van der Waals surface area contributed by atoms with Crippen LogP contribution < -0.4 is 10.0 Å². The van der Waals surface area contributed by atoms with Crippen molar-refractivity contribution in [2.24, 2.45) is 0 Å². The highest BCUT2D eigenvalue weighted by Crippen LogP contribution is 2.14. The molecule has 5 nitrogen and oxygen atoms in total. The first-order chi connectivity index (χ1) is 10.4. The van der Waals surface area contributed by atoms with Gasteiger partial charge >= 0.3 is 0 Å². The fourth-order valence-electron chi connectivity index (χ4n) is 1.85. The fraction of sp³-hybridized carbons (Fsp3) is 0.267. The highest BCUT2D eigenvalue weighted by atomic mass is 32.2. The topological polar surface area (TPSA) is 75.3 Å². The van der Waals surface area contributed by atoms with Crippen LogP contribution in [0.1, 0.15) is 20.8 Å². The molecule has 0 radical (unpaired) electrons. The molecule has 22 heavy (non-hydrogen) atoms. The summed E-state index contributed by atoms with van der Waals surface area (Å²) >= 11 is 1.37. The van der Waals surface area contributed by atoms with E-state index in [1.165, 1.54) is 11.3 Å². The number of hydrogen-bond acceptors (Lipinski definition) is 4. The monoisotopic (exact) mass is 338 g/mol. The standard InChI is InChI=1S/C15H18N2O3S2/c1-11-3-5-13(6-4-11)22(19,20)17-9-8-16-15(18)14-12(2)7-10-21-14/h3-7,10,17H,8-9H2,1-2H3,(H,16,18). The molecule has 2 rings (SSSR count). The zero-order valence-electron chi connectivity index (χ0n) is 12.4. The smallest absolute Gasteiger partial charge is 0.261 e. The summed E-state index contributed by atoms with van der Waals surface area (Å²) in [5.74, 6) is -0.179. The lowest BCUT2D eigenvalue weighted by molar-refractivity contribution is 0.0958. The molecule has 1 amide bonds. The molecule has 1 aromatic carbocycles. The Morgan fingerprint density at radius 1 is 1.09 bits per heavy atom. The third kappa shape index (κ3) is 4.16. The van der Waals surface area contributed by atoms with Gasteiger partial charge in [0, 0.05) is 13.1 Å². The number of nitrogens with one attached hydrogen (secondary N) is 2. The molecule has 0 atom stereocenters. The van der Waals surface area contributed by atoms with Gasteiger partial charge in [-0.05, 0) is 43.0 Å². The Balaban J connectivity index is 1.84. The van der Waals surface area contributed by atoms with Crippen LogP contribution in [-0.4, -0.2) is 27.4 Å². The van der Waals surface area contributed by atoms with Crippen LogP contribution >= 0.6 is 11.3 Å². The summed E-state index contributed by atoms with van der Waals surface area (Å²) in [6.45, 7) is 4.14. The number of rotatable bonds is 6. The van der Waals surface area contributed by atoms with Crippen LogP contribution in [-0.2, 0) is 10.0 Å². The van der Waals surface area contributed by atoms with E-state index in [1.807, 2.05) is 25.3 Å². The first-order valence-electron chi connectivity index (χ1n) is 6.79. The van der Waals surface area contributed by atoms with Gasteiger partial charge in [0.15, 0.2) is 0 Å². The Morgan fingerprint density at radius 2 is 1.77 bits per heavy atom. The molecule has 0 aliphatic rings. The summed E-state index contributed by atoms with van der Waals surface area (Å²) in [7, 11) is -3.54. The van der Waals surface area contributed by atoms with Crippen LogP contribution in [0, 0.1) is 13.8 Å². The second kappa shape index (κ2) is 7.04. The third-order valence-electron chi connectivity index (χ3n) is 3.10. The largest absolute Gasteiger partial charge is 0.350 e. The molecule has 7 heteroatoms. The minimum Gasteiger partial charge on any atom is -0.350 e. The number of carbonyl (C=O) groups is 1. The van der Waals surface area contributed by atoms with Crippen molar-refractivity contribution in [3.05, 3.63) is 51.7 Å². The number of thiophene rings is 1. The second-order valence-corrected chi connectivity index (χ2v) is 7.58. The summed E-state index contributed by atoms with van der Waals surface area (Å²) < 4.78 is 26.6. The molecule has 118 valence electrons. The van der Waals surface area contributed by atoms with E-state index in [0.29, 0.717) is 4.88 Å². The summed E-state index contributed by atoms with van der Waals surface area (Å²) in [4.78, 5) is 12.8. The van der Waals surface area contributed by atoms with E-state index in [1.54, 1.807) is 24.3 Å². The van der Waals surface area contributed by atoms with E-state index in [0.717, 1.165) is 11.1 Å². The lowest BCUT2D eigenvalue weighted by atomic mass is 10.2. The van der Waals surface area contributed by atoms with Crippen molar-refractivity contribution in [3.63, 3.8) is 0 Å². The molecule has 1 aromatic heterocycles. The fourth-order valence-corrected chi connectivity index (χ4v) is 3.72. The first kappa shape index (κ1) is 16.7. The van der Waals surface area contributed by atoms with Gasteiger partial charge in [0.2, 0.25) is 10.0 Å². The lowest BCUT2D eigenvalue weighted by Crippen LogP contribution is -2.34. The molecule has 2 aromatic rings. The van der Waals surface area contributed by atoms with Crippen LogP contribution in [0.5, 0.6) is 0 Å². The number of carbonyl (C=O) groups excluding carboxylic acids is 1. The zero-order valence-corrected chi connectivity index (χ0v) is 14.1. The normalized spacial score (nSPS) is 11.4. The van der Waals surface area contributed by atoms with Crippen molar-refractivity contribution in [1.29, 1.82) is 0 Å². The van der Waals surface area contributed by atoms with E-state index < -0.39 is 10.0 Å². The molecule has 1 heterocycles. The predicted molar refractivity (Wildman–Crippen MR) is 87.8 cm³/mol. The molecular formula is C15H18N2O3S2. The predicted octanol–water partition coefficient (Wildman–Crippen LogP) is 2.07. The number of aryl methyl sites for hydroxylation is 2. The molecule has 0 bridgehead atoms. The molecule has 0 unspecified atom stereocenters. The van der Waals surface area contributed by atoms with E-state index >= 15 is 0 Å². The molecular weight excluding hydrogens is 320 g/mol. The zero-order chi connectivity index (χ0) is 16.2. The average molecular weight is 338 g/mol. The first-order valence-corrected chi connectivity index (χ1v) is 9.15. The van der Waals surface area contributed by atoms with E-state index in [2.05, 4.69) is 10.0 Å². The SMILES string of the molecule is Cc1ccc(S(=O)(=O)NCCNC(=O)c2sccc2C)cc1. The van der Waals surface area contributed by atoms with Gasteiger partial charge in [-0.25, -0.2) is 13.1 Å². The van der Waals surface area contributed by atoms with Crippen LogP contribution in [0.4, 0.5) is 0 Å². The van der Waals surface area contributed by atoms with Gasteiger partial charge in [-0.1, -0.05) is 17.7 Å². The van der Waals surface area contributed by atoms with Crippen molar-refractivity contribution in [2.75, 3.05) is 13.1 Å². The van der Waals surface area contributed by atoms with E-state index in [4.69, 9.17) is 0 Å². The van der Waals surface area contributed by atoms with Crippen molar-refractivity contribution in [2.45, 2.75) is 18.7 Å². The molecule has 0 fully saturated rings. The highest BCUT2D eigenvalue weighted by Gasteiger charge is 2.13. The number of amides is 1. The maximum atomic E-state index is 12.0. The summed E-state index contributed by atoms with van der Waals surface area (Å²) in [6, 6.07) is 8.49. The van der Waals surface area contributed by atoms with Crippen molar-refractivity contribution in [3.8, 4) is 0 Å². The van der Waals surface area contributed by atoms with Gasteiger partial charge in [0.1, 0.15) is 0 Å². The Labute approximate surface area is 134 Å². The van der Waals surface area contributed by atoms with Gasteiger partial charge in [-0.3, -0.25) is 4.79 Å². The lowest BCUT2D eigenvalue weighted by Gasteiger charge is -2.08. The summed E-state index contributed by atoms with van der Waals surface area (Å²) in [5.41, 5.74) is 1.92. The van der Waals surface area contributed by atoms with Gasteiger partial charge in [-0.2, -0.15) is 0 Å².